The van der Waals surface area contributed by atoms with E-state index in [4.69, 9.17) is 16.3 Å². The van der Waals surface area contributed by atoms with Gasteiger partial charge in [-0.05, 0) is 43.4 Å². The molecule has 2 aromatic carbocycles. The second-order valence-electron chi connectivity index (χ2n) is 7.93. The van der Waals surface area contributed by atoms with E-state index in [1.807, 2.05) is 30.3 Å². The lowest BCUT2D eigenvalue weighted by Gasteiger charge is -2.42. The number of hydrogen-bond acceptors (Lipinski definition) is 3. The van der Waals surface area contributed by atoms with Crippen LogP contribution in [-0.4, -0.2) is 42.6 Å². The zero-order valence-electron chi connectivity index (χ0n) is 16.5. The second-order valence-corrected chi connectivity index (χ2v) is 8.34. The minimum absolute atomic E-state index is 0.0949. The molecule has 1 amide bonds. The number of carbonyl (C=O) groups is 1. The summed E-state index contributed by atoms with van der Waals surface area (Å²) in [5, 5.41) is 3.28. The molecule has 4 nitrogen and oxygen atoms in total. The smallest absolute Gasteiger partial charge is 0.256 e. The lowest BCUT2D eigenvalue weighted by Crippen LogP contribution is -2.53. The fourth-order valence-corrected chi connectivity index (χ4v) is 5.45. The van der Waals surface area contributed by atoms with Crippen molar-refractivity contribution in [3.05, 3.63) is 70.5 Å². The molecule has 1 N–H and O–H groups in total. The predicted octanol–water partition coefficient (Wildman–Crippen LogP) is 4.59. The molecular weight excluding hydrogens is 391 g/mol. The number of benzene rings is 2. The van der Waals surface area contributed by atoms with Gasteiger partial charge in [-0.15, -0.1) is 0 Å². The zero-order valence-corrected chi connectivity index (χ0v) is 17.3. The van der Waals surface area contributed by atoms with E-state index in [1.54, 1.807) is 13.2 Å². The molecular formula is C23H26ClFN2O2. The van der Waals surface area contributed by atoms with Crippen molar-refractivity contribution in [1.82, 2.24) is 10.2 Å². The summed E-state index contributed by atoms with van der Waals surface area (Å²) >= 11 is 6.16. The maximum Gasteiger partial charge on any atom is 0.256 e. The van der Waals surface area contributed by atoms with E-state index in [1.165, 1.54) is 12.1 Å². The van der Waals surface area contributed by atoms with Gasteiger partial charge >= 0.3 is 0 Å². The van der Waals surface area contributed by atoms with Crippen LogP contribution in [-0.2, 0) is 4.74 Å². The first-order valence-corrected chi connectivity index (χ1v) is 10.5. The van der Waals surface area contributed by atoms with E-state index in [0.29, 0.717) is 12.6 Å². The first-order chi connectivity index (χ1) is 14.1. The Labute approximate surface area is 176 Å². The molecule has 1 atom stereocenters. The lowest BCUT2D eigenvalue weighted by atomic mass is 9.78. The van der Waals surface area contributed by atoms with Crippen LogP contribution in [0, 0.1) is 5.82 Å². The van der Waals surface area contributed by atoms with Crippen LogP contribution >= 0.6 is 11.6 Å². The molecule has 2 heterocycles. The number of amides is 1. The van der Waals surface area contributed by atoms with E-state index in [2.05, 4.69) is 10.2 Å². The molecule has 4 rings (SSSR count). The van der Waals surface area contributed by atoms with Gasteiger partial charge in [-0.2, -0.15) is 0 Å². The quantitative estimate of drug-likeness (QED) is 0.717. The highest BCUT2D eigenvalue weighted by Gasteiger charge is 2.56. The number of rotatable bonds is 7. The molecule has 0 aromatic heterocycles. The first kappa shape index (κ1) is 20.3. The van der Waals surface area contributed by atoms with Gasteiger partial charge in [0.15, 0.2) is 0 Å². The molecule has 29 heavy (non-hydrogen) atoms. The summed E-state index contributed by atoms with van der Waals surface area (Å²) < 4.78 is 19.7. The van der Waals surface area contributed by atoms with Crippen molar-refractivity contribution in [1.29, 1.82) is 0 Å². The molecule has 2 bridgehead atoms. The van der Waals surface area contributed by atoms with Crippen molar-refractivity contribution in [2.24, 2.45) is 0 Å². The van der Waals surface area contributed by atoms with E-state index in [9.17, 15) is 9.18 Å². The summed E-state index contributed by atoms with van der Waals surface area (Å²) in [6, 6.07) is 14.5. The van der Waals surface area contributed by atoms with Crippen molar-refractivity contribution < 1.29 is 13.9 Å². The number of ether oxygens (including phenoxy) is 1. The average Bonchev–Trinajstić information content (AvgIpc) is 3.26. The topological polar surface area (TPSA) is 41.6 Å². The third kappa shape index (κ3) is 3.67. The van der Waals surface area contributed by atoms with Crippen LogP contribution in [0.3, 0.4) is 0 Å². The summed E-state index contributed by atoms with van der Waals surface area (Å²) in [5.41, 5.74) is 0.735. The Morgan fingerprint density at radius 3 is 2.62 bits per heavy atom. The minimum atomic E-state index is -0.605. The van der Waals surface area contributed by atoms with Gasteiger partial charge in [-0.1, -0.05) is 48.0 Å². The molecule has 2 fully saturated rings. The number of methoxy groups -OCH3 is 1. The van der Waals surface area contributed by atoms with E-state index in [-0.39, 0.29) is 22.2 Å². The Morgan fingerprint density at radius 1 is 1.24 bits per heavy atom. The fraction of sp³-hybridized carbons (Fsp3) is 0.435. The average molecular weight is 417 g/mol. The van der Waals surface area contributed by atoms with Crippen molar-refractivity contribution in [3.63, 3.8) is 0 Å². The second kappa shape index (κ2) is 8.42. The maximum absolute atomic E-state index is 14.4. The molecule has 0 saturated carbocycles. The van der Waals surface area contributed by atoms with Crippen LogP contribution in [0.2, 0.25) is 5.02 Å². The molecule has 0 spiro atoms. The van der Waals surface area contributed by atoms with Gasteiger partial charge in [0.2, 0.25) is 0 Å². The van der Waals surface area contributed by atoms with Gasteiger partial charge in [0.05, 0.1) is 23.2 Å². The standard InChI is InChI=1S/C23H26ClFN2O2/c1-29-15-14-27-17-10-12-23(27,13-11-17)21(16-6-3-2-4-7-16)26-22(28)20-18(24)8-5-9-19(20)25/h2-9,17,21H,10-15H2,1H3,(H,26,28)/t17?,21-,23?/m1/s1. The van der Waals surface area contributed by atoms with E-state index in [0.717, 1.165) is 37.8 Å². The summed E-state index contributed by atoms with van der Waals surface area (Å²) in [4.78, 5) is 15.6. The van der Waals surface area contributed by atoms with Crippen LogP contribution < -0.4 is 5.32 Å². The Morgan fingerprint density at radius 2 is 1.97 bits per heavy atom. The molecule has 0 radical (unpaired) electrons. The van der Waals surface area contributed by atoms with Gasteiger partial charge in [-0.3, -0.25) is 9.69 Å². The van der Waals surface area contributed by atoms with Crippen LogP contribution in [0.4, 0.5) is 4.39 Å². The minimum Gasteiger partial charge on any atom is -0.383 e. The van der Waals surface area contributed by atoms with Gasteiger partial charge < -0.3 is 10.1 Å². The number of nitrogens with zero attached hydrogens (tertiary/aromatic N) is 1. The number of fused-ring (bicyclic) bond motifs is 2. The number of halogens is 2. The molecule has 0 aliphatic carbocycles. The molecule has 154 valence electrons. The molecule has 6 heteroatoms. The fourth-order valence-electron chi connectivity index (χ4n) is 5.21. The highest BCUT2D eigenvalue weighted by molar-refractivity contribution is 6.33. The summed E-state index contributed by atoms with van der Waals surface area (Å²) in [6.45, 7) is 1.47. The van der Waals surface area contributed by atoms with Gasteiger partial charge in [0.1, 0.15) is 5.82 Å². The Kier molecular flexibility index (Phi) is 5.91. The highest BCUT2D eigenvalue weighted by Crippen LogP contribution is 2.52. The normalized spacial score (nSPS) is 24.6. The SMILES string of the molecule is COCCN1C2CCC1([C@H](NC(=O)c1c(F)cccc1Cl)c1ccccc1)CC2. The van der Waals surface area contributed by atoms with Crippen molar-refractivity contribution in [2.75, 3.05) is 20.3 Å². The monoisotopic (exact) mass is 416 g/mol. The third-order valence-corrected chi connectivity index (χ3v) is 6.82. The zero-order chi connectivity index (χ0) is 20.4. The third-order valence-electron chi connectivity index (χ3n) is 6.51. The van der Waals surface area contributed by atoms with Crippen molar-refractivity contribution in [2.45, 2.75) is 43.3 Å². The van der Waals surface area contributed by atoms with Crippen LogP contribution in [0.25, 0.3) is 0 Å². The summed E-state index contributed by atoms with van der Waals surface area (Å²) in [7, 11) is 1.71. The number of hydrogen-bond donors (Lipinski definition) is 1. The molecule has 2 aliphatic rings. The van der Waals surface area contributed by atoms with Gasteiger partial charge in [0, 0.05) is 25.2 Å². The van der Waals surface area contributed by atoms with Gasteiger partial charge in [-0.25, -0.2) is 4.39 Å². The molecule has 2 aromatic rings. The molecule has 2 aliphatic heterocycles. The Balaban J connectivity index is 1.71. The maximum atomic E-state index is 14.4. The van der Waals surface area contributed by atoms with Crippen LogP contribution in [0.15, 0.2) is 48.5 Å². The van der Waals surface area contributed by atoms with Gasteiger partial charge in [0.25, 0.3) is 5.91 Å². The number of nitrogens with one attached hydrogen (secondary N) is 1. The first-order valence-electron chi connectivity index (χ1n) is 10.1. The Bertz CT molecular complexity index is 848. The van der Waals surface area contributed by atoms with Crippen molar-refractivity contribution >= 4 is 17.5 Å². The highest BCUT2D eigenvalue weighted by atomic mass is 35.5. The summed E-state index contributed by atoms with van der Waals surface area (Å²) in [5.74, 6) is -1.08. The van der Waals surface area contributed by atoms with Crippen molar-refractivity contribution in [3.8, 4) is 0 Å². The predicted molar refractivity (Wildman–Crippen MR) is 112 cm³/mol. The summed E-state index contributed by atoms with van der Waals surface area (Å²) in [6.07, 6.45) is 4.19. The number of carbonyl (C=O) groups excluding carboxylic acids is 1. The van der Waals surface area contributed by atoms with E-state index >= 15 is 0 Å². The Hall–Kier alpha value is -1.95. The molecule has 2 saturated heterocycles. The van der Waals surface area contributed by atoms with Crippen LogP contribution in [0.5, 0.6) is 0 Å². The largest absolute Gasteiger partial charge is 0.383 e. The van der Waals surface area contributed by atoms with E-state index < -0.39 is 11.7 Å². The molecule has 0 unspecified atom stereocenters. The lowest BCUT2D eigenvalue weighted by molar-refractivity contribution is 0.0636. The van der Waals surface area contributed by atoms with Crippen LogP contribution in [0.1, 0.15) is 47.6 Å².